The lowest BCUT2D eigenvalue weighted by Crippen LogP contribution is -2.30. The summed E-state index contributed by atoms with van der Waals surface area (Å²) in [4.78, 5) is 0. The van der Waals surface area contributed by atoms with Crippen molar-refractivity contribution >= 4 is 0 Å². The molecule has 3 N–H and O–H groups in total. The molecule has 0 aromatic heterocycles. The Balaban J connectivity index is 2.22. The molecule has 0 radical (unpaired) electrons. The fourth-order valence-corrected chi connectivity index (χ4v) is 1.09. The van der Waals surface area contributed by atoms with Gasteiger partial charge in [0.2, 0.25) is 0 Å². The van der Waals surface area contributed by atoms with Crippen molar-refractivity contribution in [1.29, 1.82) is 0 Å². The average Bonchev–Trinajstić information content (AvgIpc) is 2.18. The molecule has 3 nitrogen and oxygen atoms in total. The van der Waals surface area contributed by atoms with Gasteiger partial charge in [-0.25, -0.2) is 0 Å². The highest BCUT2D eigenvalue weighted by Gasteiger charge is 2.23. The SMILES string of the molecule is N[C@H]1CCO[C@H]1CCO. The van der Waals surface area contributed by atoms with Crippen LogP contribution in [0.4, 0.5) is 0 Å². The summed E-state index contributed by atoms with van der Waals surface area (Å²) in [5.74, 6) is 0. The Morgan fingerprint density at radius 3 is 2.89 bits per heavy atom. The van der Waals surface area contributed by atoms with E-state index in [4.69, 9.17) is 15.6 Å². The van der Waals surface area contributed by atoms with E-state index in [-0.39, 0.29) is 18.8 Å². The van der Waals surface area contributed by atoms with Crippen LogP contribution in [-0.2, 0) is 4.74 Å². The number of rotatable bonds is 2. The zero-order valence-corrected chi connectivity index (χ0v) is 5.42. The van der Waals surface area contributed by atoms with Gasteiger partial charge in [0.05, 0.1) is 6.10 Å². The van der Waals surface area contributed by atoms with Gasteiger partial charge in [0, 0.05) is 19.3 Å². The van der Waals surface area contributed by atoms with Gasteiger partial charge in [-0.3, -0.25) is 0 Å². The second kappa shape index (κ2) is 3.15. The van der Waals surface area contributed by atoms with Crippen LogP contribution in [0.15, 0.2) is 0 Å². The number of nitrogens with two attached hydrogens (primary N) is 1. The molecular weight excluding hydrogens is 118 g/mol. The lowest BCUT2D eigenvalue weighted by molar-refractivity contribution is 0.0804. The number of ether oxygens (including phenoxy) is 1. The zero-order chi connectivity index (χ0) is 6.69. The average molecular weight is 131 g/mol. The Morgan fingerprint density at radius 1 is 1.67 bits per heavy atom. The highest BCUT2D eigenvalue weighted by molar-refractivity contribution is 4.78. The second-order valence-corrected chi connectivity index (χ2v) is 2.37. The van der Waals surface area contributed by atoms with Gasteiger partial charge in [0.1, 0.15) is 0 Å². The maximum absolute atomic E-state index is 8.51. The summed E-state index contributed by atoms with van der Waals surface area (Å²) in [7, 11) is 0. The fraction of sp³-hybridized carbons (Fsp3) is 1.00. The molecule has 0 amide bonds. The van der Waals surface area contributed by atoms with Crippen LogP contribution in [-0.4, -0.2) is 30.5 Å². The van der Waals surface area contributed by atoms with Crippen LogP contribution in [0.5, 0.6) is 0 Å². The first-order valence-electron chi connectivity index (χ1n) is 3.32. The molecule has 1 fully saturated rings. The molecule has 1 heterocycles. The topological polar surface area (TPSA) is 55.5 Å². The molecule has 3 heteroatoms. The Kier molecular flexibility index (Phi) is 2.45. The number of hydrogen-bond donors (Lipinski definition) is 2. The summed E-state index contributed by atoms with van der Waals surface area (Å²) in [6.45, 7) is 0.935. The molecule has 0 saturated carbocycles. The Hall–Kier alpha value is -0.120. The van der Waals surface area contributed by atoms with Crippen LogP contribution in [0.3, 0.4) is 0 Å². The Bertz CT molecular complexity index is 87.1. The van der Waals surface area contributed by atoms with Crippen molar-refractivity contribution in [3.8, 4) is 0 Å². The van der Waals surface area contributed by atoms with Crippen LogP contribution in [0.25, 0.3) is 0 Å². The minimum atomic E-state index is 0.106. The zero-order valence-electron chi connectivity index (χ0n) is 5.42. The van der Waals surface area contributed by atoms with Gasteiger partial charge in [-0.2, -0.15) is 0 Å². The molecule has 9 heavy (non-hydrogen) atoms. The van der Waals surface area contributed by atoms with Gasteiger partial charge in [-0.05, 0) is 12.8 Å². The lowest BCUT2D eigenvalue weighted by Gasteiger charge is -2.11. The van der Waals surface area contributed by atoms with E-state index in [0.717, 1.165) is 13.0 Å². The van der Waals surface area contributed by atoms with Crippen molar-refractivity contribution in [2.45, 2.75) is 25.0 Å². The summed E-state index contributed by atoms with van der Waals surface area (Å²) in [6, 6.07) is 0.150. The van der Waals surface area contributed by atoms with Gasteiger partial charge in [-0.1, -0.05) is 0 Å². The smallest absolute Gasteiger partial charge is 0.0748 e. The molecule has 1 aliphatic rings. The highest BCUT2D eigenvalue weighted by atomic mass is 16.5. The van der Waals surface area contributed by atoms with Crippen molar-refractivity contribution < 1.29 is 9.84 Å². The lowest BCUT2D eigenvalue weighted by atomic mass is 10.1. The third-order valence-electron chi connectivity index (χ3n) is 1.67. The van der Waals surface area contributed by atoms with E-state index in [2.05, 4.69) is 0 Å². The molecule has 54 valence electrons. The van der Waals surface area contributed by atoms with Gasteiger partial charge in [0.15, 0.2) is 0 Å². The molecule has 0 bridgehead atoms. The minimum Gasteiger partial charge on any atom is -0.396 e. The van der Waals surface area contributed by atoms with Crippen molar-refractivity contribution in [2.75, 3.05) is 13.2 Å². The van der Waals surface area contributed by atoms with Crippen LogP contribution < -0.4 is 5.73 Å². The van der Waals surface area contributed by atoms with E-state index in [9.17, 15) is 0 Å². The van der Waals surface area contributed by atoms with Gasteiger partial charge in [0.25, 0.3) is 0 Å². The molecule has 1 saturated heterocycles. The molecular formula is C6H13NO2. The summed E-state index contributed by atoms with van der Waals surface area (Å²) < 4.78 is 5.22. The molecule has 0 aliphatic carbocycles. The first-order valence-corrected chi connectivity index (χ1v) is 3.32. The number of aliphatic hydroxyl groups excluding tert-OH is 1. The second-order valence-electron chi connectivity index (χ2n) is 2.37. The first kappa shape index (κ1) is 6.99. The van der Waals surface area contributed by atoms with Crippen molar-refractivity contribution in [2.24, 2.45) is 5.73 Å². The quantitative estimate of drug-likeness (QED) is 0.530. The molecule has 2 atom stereocenters. The monoisotopic (exact) mass is 131 g/mol. The van der Waals surface area contributed by atoms with Crippen LogP contribution in [0.1, 0.15) is 12.8 Å². The van der Waals surface area contributed by atoms with Gasteiger partial charge in [-0.15, -0.1) is 0 Å². The fourth-order valence-electron chi connectivity index (χ4n) is 1.09. The Morgan fingerprint density at radius 2 is 2.44 bits per heavy atom. The Labute approximate surface area is 54.8 Å². The van der Waals surface area contributed by atoms with Gasteiger partial charge < -0.3 is 15.6 Å². The highest BCUT2D eigenvalue weighted by Crippen LogP contribution is 2.13. The third-order valence-corrected chi connectivity index (χ3v) is 1.67. The van der Waals surface area contributed by atoms with E-state index in [0.29, 0.717) is 6.42 Å². The summed E-state index contributed by atoms with van der Waals surface area (Å²) in [6.07, 6.45) is 1.72. The van der Waals surface area contributed by atoms with Crippen molar-refractivity contribution in [3.05, 3.63) is 0 Å². The van der Waals surface area contributed by atoms with Crippen molar-refractivity contribution in [3.63, 3.8) is 0 Å². The van der Waals surface area contributed by atoms with E-state index in [1.165, 1.54) is 0 Å². The van der Waals surface area contributed by atoms with Crippen molar-refractivity contribution in [1.82, 2.24) is 0 Å². The third kappa shape index (κ3) is 1.64. The largest absolute Gasteiger partial charge is 0.396 e. The normalized spacial score (nSPS) is 35.3. The van der Waals surface area contributed by atoms with E-state index in [1.807, 2.05) is 0 Å². The minimum absolute atomic E-state index is 0.106. The summed E-state index contributed by atoms with van der Waals surface area (Å²) in [5, 5.41) is 8.51. The summed E-state index contributed by atoms with van der Waals surface area (Å²) in [5.41, 5.74) is 5.63. The maximum atomic E-state index is 8.51. The van der Waals surface area contributed by atoms with E-state index in [1.54, 1.807) is 0 Å². The molecule has 0 aromatic rings. The molecule has 1 aliphatic heterocycles. The number of hydrogen-bond acceptors (Lipinski definition) is 3. The van der Waals surface area contributed by atoms with Crippen LogP contribution in [0, 0.1) is 0 Å². The maximum Gasteiger partial charge on any atom is 0.0748 e. The van der Waals surface area contributed by atoms with E-state index >= 15 is 0 Å². The predicted octanol–water partition coefficient (Wildman–Crippen LogP) is -0.515. The van der Waals surface area contributed by atoms with Gasteiger partial charge >= 0.3 is 0 Å². The molecule has 0 unspecified atom stereocenters. The molecule has 0 aromatic carbocycles. The number of aliphatic hydroxyl groups is 1. The predicted molar refractivity (Wildman–Crippen MR) is 34.0 cm³/mol. The van der Waals surface area contributed by atoms with Crippen LogP contribution in [0.2, 0.25) is 0 Å². The standard InChI is InChI=1S/C6H13NO2/c7-5-2-4-9-6(5)1-3-8/h5-6,8H,1-4,7H2/t5-,6-/m0/s1. The van der Waals surface area contributed by atoms with E-state index < -0.39 is 0 Å². The summed E-state index contributed by atoms with van der Waals surface area (Å²) >= 11 is 0. The molecule has 0 spiro atoms. The van der Waals surface area contributed by atoms with Crippen LogP contribution >= 0.6 is 0 Å². The first-order chi connectivity index (χ1) is 4.34. The molecule has 1 rings (SSSR count).